The predicted molar refractivity (Wildman–Crippen MR) is 129 cm³/mol. The number of rotatable bonds is 9. The molecule has 2 aromatic rings. The molecule has 33 heavy (non-hydrogen) atoms. The Morgan fingerprint density at radius 3 is 2.42 bits per heavy atom. The lowest BCUT2D eigenvalue weighted by atomic mass is 9.80. The van der Waals surface area contributed by atoms with Gasteiger partial charge in [-0.25, -0.2) is 4.79 Å². The van der Waals surface area contributed by atoms with Gasteiger partial charge in [0.15, 0.2) is 0 Å². The molecular formula is C27H36N2O4. The smallest absolute Gasteiger partial charge is 0.408 e. The number of fused-ring (bicyclic) bond motifs is 3. The van der Waals surface area contributed by atoms with Gasteiger partial charge in [0, 0.05) is 13.7 Å². The highest BCUT2D eigenvalue weighted by Gasteiger charge is 2.45. The van der Waals surface area contributed by atoms with Crippen LogP contribution in [-0.2, 0) is 21.6 Å². The molecule has 0 radical (unpaired) electrons. The van der Waals surface area contributed by atoms with Crippen molar-refractivity contribution in [3.8, 4) is 11.1 Å². The lowest BCUT2D eigenvalue weighted by Crippen LogP contribution is -2.62. The first-order valence-corrected chi connectivity index (χ1v) is 11.9. The second-order valence-electron chi connectivity index (χ2n) is 9.74. The molecular weight excluding hydrogens is 416 g/mol. The predicted octanol–water partition coefficient (Wildman–Crippen LogP) is 4.83. The van der Waals surface area contributed by atoms with Crippen molar-refractivity contribution in [1.82, 2.24) is 9.80 Å². The zero-order chi connectivity index (χ0) is 23.4. The first-order valence-electron chi connectivity index (χ1n) is 11.9. The van der Waals surface area contributed by atoms with Crippen LogP contribution in [0.3, 0.4) is 0 Å². The van der Waals surface area contributed by atoms with Gasteiger partial charge in [-0.3, -0.25) is 4.90 Å². The second-order valence-corrected chi connectivity index (χ2v) is 9.74. The summed E-state index contributed by atoms with van der Waals surface area (Å²) in [4.78, 5) is 16.6. The minimum atomic E-state index is -0.832. The van der Waals surface area contributed by atoms with E-state index >= 15 is 0 Å². The van der Waals surface area contributed by atoms with E-state index < -0.39 is 11.6 Å². The molecule has 2 aromatic carbocycles. The molecule has 0 spiro atoms. The number of carboxylic acid groups (broad SMARTS) is 1. The number of hydrogen-bond acceptors (Lipinski definition) is 4. The Morgan fingerprint density at radius 1 is 1.09 bits per heavy atom. The molecule has 178 valence electrons. The fraction of sp³-hybridized carbons (Fsp3) is 0.519. The van der Waals surface area contributed by atoms with E-state index in [9.17, 15) is 9.90 Å². The zero-order valence-electron chi connectivity index (χ0n) is 20.0. The lowest BCUT2D eigenvalue weighted by Gasteiger charge is -2.52. The third-order valence-electron chi connectivity index (χ3n) is 7.32. The molecule has 1 unspecified atom stereocenters. The van der Waals surface area contributed by atoms with Crippen LogP contribution in [0.2, 0.25) is 0 Å². The van der Waals surface area contributed by atoms with Crippen LogP contribution in [0.25, 0.3) is 11.1 Å². The van der Waals surface area contributed by atoms with E-state index in [0.29, 0.717) is 25.7 Å². The number of amides is 1. The van der Waals surface area contributed by atoms with Crippen LogP contribution in [0.4, 0.5) is 4.79 Å². The van der Waals surface area contributed by atoms with Crippen molar-refractivity contribution >= 4 is 6.09 Å². The molecule has 3 saturated heterocycles. The third kappa shape index (κ3) is 5.24. The van der Waals surface area contributed by atoms with Gasteiger partial charge in [0.05, 0.1) is 31.4 Å². The molecule has 5 rings (SSSR count). The fourth-order valence-electron chi connectivity index (χ4n) is 5.37. The minimum Gasteiger partial charge on any atom is -0.465 e. The number of hydrogen-bond donors (Lipinski definition) is 1. The van der Waals surface area contributed by atoms with Gasteiger partial charge in [0.25, 0.3) is 0 Å². The average Bonchev–Trinajstić information content (AvgIpc) is 2.83. The molecule has 1 atom stereocenters. The molecule has 0 aliphatic carbocycles. The molecule has 2 bridgehead atoms. The average molecular weight is 453 g/mol. The summed E-state index contributed by atoms with van der Waals surface area (Å²) < 4.78 is 10.6. The van der Waals surface area contributed by atoms with Crippen molar-refractivity contribution in [3.63, 3.8) is 0 Å². The monoisotopic (exact) mass is 452 g/mol. The maximum absolute atomic E-state index is 12.5. The Labute approximate surface area is 197 Å². The van der Waals surface area contributed by atoms with Crippen LogP contribution in [0.5, 0.6) is 0 Å². The van der Waals surface area contributed by atoms with Gasteiger partial charge in [-0.15, -0.1) is 0 Å². The highest BCUT2D eigenvalue weighted by Crippen LogP contribution is 2.39. The summed E-state index contributed by atoms with van der Waals surface area (Å²) >= 11 is 0. The maximum Gasteiger partial charge on any atom is 0.408 e. The van der Waals surface area contributed by atoms with E-state index in [0.717, 1.165) is 54.7 Å². The van der Waals surface area contributed by atoms with E-state index in [-0.39, 0.29) is 6.04 Å². The summed E-state index contributed by atoms with van der Waals surface area (Å²) in [5, 5.41) is 10.3. The molecule has 1 N–H and O–H groups in total. The van der Waals surface area contributed by atoms with Crippen molar-refractivity contribution in [3.05, 3.63) is 59.7 Å². The van der Waals surface area contributed by atoms with E-state index in [4.69, 9.17) is 9.47 Å². The summed E-state index contributed by atoms with van der Waals surface area (Å²) in [6, 6.07) is 16.7. The summed E-state index contributed by atoms with van der Waals surface area (Å²) in [7, 11) is 1.67. The van der Waals surface area contributed by atoms with E-state index in [2.05, 4.69) is 47.4 Å². The molecule has 3 aliphatic rings. The van der Waals surface area contributed by atoms with Gasteiger partial charge in [-0.2, -0.15) is 0 Å². The molecule has 6 heteroatoms. The first-order chi connectivity index (χ1) is 15.9. The Morgan fingerprint density at radius 2 is 1.82 bits per heavy atom. The van der Waals surface area contributed by atoms with E-state index in [1.54, 1.807) is 12.0 Å². The summed E-state index contributed by atoms with van der Waals surface area (Å²) in [6.45, 7) is 8.84. The third-order valence-corrected chi connectivity index (χ3v) is 7.32. The standard InChI is InChI=1S/C27H36N2O4/c1-27(2,29(26(30)31)25-18-28-13-11-22(25)12-14-28)24-6-4-5-23(17-24)21-9-7-20(8-10-21)19-33-16-15-32-3/h4-10,17,22,25H,11-16,18-19H2,1-3H3,(H,30,31). The van der Waals surface area contributed by atoms with Crippen LogP contribution in [0.15, 0.2) is 48.5 Å². The Kier molecular flexibility index (Phi) is 7.37. The molecule has 6 nitrogen and oxygen atoms in total. The quantitative estimate of drug-likeness (QED) is 0.553. The summed E-state index contributed by atoms with van der Waals surface area (Å²) in [6.07, 6.45) is 1.35. The van der Waals surface area contributed by atoms with Crippen molar-refractivity contribution in [2.75, 3.05) is 40.0 Å². The second kappa shape index (κ2) is 10.2. The number of nitrogens with zero attached hydrogens (tertiary/aromatic N) is 2. The zero-order valence-corrected chi connectivity index (χ0v) is 20.0. The fourth-order valence-corrected chi connectivity index (χ4v) is 5.37. The van der Waals surface area contributed by atoms with Crippen molar-refractivity contribution in [2.45, 2.75) is 44.9 Å². The van der Waals surface area contributed by atoms with Crippen molar-refractivity contribution in [1.29, 1.82) is 0 Å². The Hall–Kier alpha value is -2.41. The molecule has 0 aromatic heterocycles. The van der Waals surface area contributed by atoms with E-state index in [1.807, 2.05) is 19.9 Å². The highest BCUT2D eigenvalue weighted by atomic mass is 16.5. The normalized spacial score (nSPS) is 22.3. The van der Waals surface area contributed by atoms with Crippen LogP contribution >= 0.6 is 0 Å². The topological polar surface area (TPSA) is 62.2 Å². The summed E-state index contributed by atoms with van der Waals surface area (Å²) in [5.41, 5.74) is 3.71. The van der Waals surface area contributed by atoms with Crippen molar-refractivity contribution < 1.29 is 19.4 Å². The maximum atomic E-state index is 12.5. The van der Waals surface area contributed by atoms with Crippen LogP contribution in [0.1, 0.15) is 37.8 Å². The number of carbonyl (C=O) groups is 1. The largest absolute Gasteiger partial charge is 0.465 e. The minimum absolute atomic E-state index is 0.0426. The van der Waals surface area contributed by atoms with E-state index in [1.165, 1.54) is 0 Å². The van der Waals surface area contributed by atoms with Crippen LogP contribution in [0, 0.1) is 5.92 Å². The van der Waals surface area contributed by atoms with Gasteiger partial charge < -0.3 is 19.5 Å². The molecule has 3 heterocycles. The van der Waals surface area contributed by atoms with Gasteiger partial charge in [0.1, 0.15) is 0 Å². The molecule has 0 saturated carbocycles. The van der Waals surface area contributed by atoms with Gasteiger partial charge >= 0.3 is 6.09 Å². The Balaban J connectivity index is 1.53. The van der Waals surface area contributed by atoms with Crippen molar-refractivity contribution in [2.24, 2.45) is 5.92 Å². The molecule has 1 amide bonds. The van der Waals surface area contributed by atoms with Gasteiger partial charge in [-0.1, -0.05) is 42.5 Å². The highest BCUT2D eigenvalue weighted by molar-refractivity contribution is 5.69. The lowest BCUT2D eigenvalue weighted by molar-refractivity contribution is -0.0289. The van der Waals surface area contributed by atoms with Gasteiger partial charge in [-0.05, 0) is 74.0 Å². The number of methoxy groups -OCH3 is 1. The summed E-state index contributed by atoms with van der Waals surface area (Å²) in [5.74, 6) is 0.451. The number of benzene rings is 2. The van der Waals surface area contributed by atoms with Crippen LogP contribution in [-0.4, -0.2) is 67.0 Å². The van der Waals surface area contributed by atoms with Crippen LogP contribution < -0.4 is 0 Å². The SMILES string of the molecule is COCCOCc1ccc(-c2cccc(C(C)(C)N(C(=O)O)C3CN4CCC3CC4)c2)cc1. The first kappa shape index (κ1) is 23.7. The molecule has 3 fully saturated rings. The number of piperidine rings is 3. The van der Waals surface area contributed by atoms with Gasteiger partial charge in [0.2, 0.25) is 0 Å². The Bertz CT molecular complexity index is 935. The number of ether oxygens (including phenoxy) is 2. The molecule has 3 aliphatic heterocycles.